The van der Waals surface area contributed by atoms with Crippen LogP contribution in [-0.2, 0) is 38.0 Å². The van der Waals surface area contributed by atoms with Crippen LogP contribution in [0.15, 0.2) is 60.7 Å². The van der Waals surface area contributed by atoms with E-state index in [1.807, 2.05) is 0 Å². The predicted molar refractivity (Wildman–Crippen MR) is 95.9 cm³/mol. The van der Waals surface area contributed by atoms with Crippen molar-refractivity contribution in [3.8, 4) is 0 Å². The third-order valence-corrected chi connectivity index (χ3v) is 9.79. The van der Waals surface area contributed by atoms with Crippen LogP contribution in [0.5, 0.6) is 0 Å². The average Bonchev–Trinajstić information content (AvgIpc) is 2.86. The Morgan fingerprint density at radius 1 is 1.00 bits per heavy atom. The van der Waals surface area contributed by atoms with Crippen LogP contribution in [0.2, 0.25) is 18.6 Å². The molecule has 1 saturated heterocycles. The van der Waals surface area contributed by atoms with Gasteiger partial charge in [0.2, 0.25) is 0 Å². The summed E-state index contributed by atoms with van der Waals surface area (Å²) in [4.78, 5) is 0. The van der Waals surface area contributed by atoms with E-state index in [2.05, 4.69) is 87.6 Å². The van der Waals surface area contributed by atoms with Crippen molar-refractivity contribution in [3.05, 3.63) is 73.2 Å². The van der Waals surface area contributed by atoms with Crippen molar-refractivity contribution in [1.29, 1.82) is 0 Å². The Kier molecular flexibility index (Phi) is 7.92. The maximum absolute atomic E-state index is 6.33. The Morgan fingerprint density at radius 2 is 1.50 bits per heavy atom. The van der Waals surface area contributed by atoms with E-state index in [0.29, 0.717) is 5.54 Å². The minimum atomic E-state index is -1.62. The van der Waals surface area contributed by atoms with E-state index < -0.39 is 8.07 Å². The molecule has 0 saturated carbocycles. The summed E-state index contributed by atoms with van der Waals surface area (Å²) in [7, 11) is -1.62. The molecule has 1 aliphatic heterocycles. The third-order valence-electron chi connectivity index (χ3n) is 5.55. The first kappa shape index (κ1) is 22.1. The van der Waals surface area contributed by atoms with Gasteiger partial charge in [0.1, 0.15) is 0 Å². The van der Waals surface area contributed by atoms with Crippen molar-refractivity contribution in [2.24, 2.45) is 5.92 Å². The van der Waals surface area contributed by atoms with Gasteiger partial charge in [0.05, 0.1) is 13.7 Å². The molecule has 124 valence electrons. The average molecular weight is 590 g/mol. The summed E-state index contributed by atoms with van der Waals surface area (Å²) >= 11 is 0. The van der Waals surface area contributed by atoms with Crippen LogP contribution in [0.4, 0.5) is 0 Å². The Hall–Kier alpha value is 0.0319. The van der Waals surface area contributed by atoms with Crippen LogP contribution < -0.4 is 22.2 Å². The molecule has 1 aliphatic rings. The van der Waals surface area contributed by atoms with E-state index in [1.165, 1.54) is 10.8 Å². The molecular formula is C20H25BrHgOSi. The zero-order chi connectivity index (χ0) is 15.8. The summed E-state index contributed by atoms with van der Waals surface area (Å²) in [5, 5.41) is 1.49. The topological polar surface area (TPSA) is 9.23 Å². The van der Waals surface area contributed by atoms with E-state index >= 15 is 0 Å². The first-order chi connectivity index (χ1) is 10.5. The standard InChI is InChI=1S/C20H25OSi.BrH.Hg/c1-16-19(22(3,4)18-13-9-6-10-14-18)15-21-20(16,2)17-11-7-5-8-12-17;;/h5-14,16,19H,1,15H2,2-4H3;1H;/q;;+1/p-1/t16-,19-,20-;;/m1../s1. The zero-order valence-corrected chi connectivity index (χ0v) is 22.9. The molecule has 0 N–H and O–H groups in total. The largest absolute Gasteiger partial charge is 1.00 e. The third kappa shape index (κ3) is 3.89. The predicted octanol–water partition coefficient (Wildman–Crippen LogP) is 1.37. The summed E-state index contributed by atoms with van der Waals surface area (Å²) in [5.41, 5.74) is 1.50. The molecule has 1 fully saturated rings. The quantitative estimate of drug-likeness (QED) is 0.492. The van der Waals surface area contributed by atoms with Gasteiger partial charge in [-0.25, -0.2) is 0 Å². The van der Waals surface area contributed by atoms with Gasteiger partial charge in [-0.1, -0.05) is 78.9 Å². The molecule has 2 aromatic rings. The van der Waals surface area contributed by atoms with Crippen molar-refractivity contribution in [3.63, 3.8) is 0 Å². The number of benzene rings is 2. The second kappa shape index (κ2) is 8.61. The van der Waals surface area contributed by atoms with Gasteiger partial charge in [-0.05, 0) is 30.9 Å². The molecule has 0 bridgehead atoms. The molecule has 3 atom stereocenters. The molecule has 1 nitrogen and oxygen atoms in total. The van der Waals surface area contributed by atoms with E-state index in [-0.39, 0.29) is 56.2 Å². The fourth-order valence-electron chi connectivity index (χ4n) is 3.73. The van der Waals surface area contributed by atoms with Gasteiger partial charge in [0.25, 0.3) is 0 Å². The number of halogens is 1. The van der Waals surface area contributed by atoms with Gasteiger partial charge in [-0.15, -0.1) is 0 Å². The summed E-state index contributed by atoms with van der Waals surface area (Å²) < 4.78 is 6.33. The van der Waals surface area contributed by atoms with Crippen molar-refractivity contribution >= 4 is 13.3 Å². The molecule has 1 heterocycles. The Bertz CT molecular complexity index is 635. The first-order valence-corrected chi connectivity index (χ1v) is 11.1. The molecule has 3 rings (SSSR count). The summed E-state index contributed by atoms with van der Waals surface area (Å²) in [6.07, 6.45) is 0. The van der Waals surface area contributed by atoms with Gasteiger partial charge in [0.15, 0.2) is 0 Å². The van der Waals surface area contributed by atoms with Crippen LogP contribution in [-0.4, -0.2) is 14.7 Å². The molecule has 2 aromatic carbocycles. The van der Waals surface area contributed by atoms with Crippen LogP contribution in [0.3, 0.4) is 0 Å². The molecule has 24 heavy (non-hydrogen) atoms. The normalized spacial score (nSPS) is 26.3. The molecule has 4 heteroatoms. The van der Waals surface area contributed by atoms with E-state index in [0.717, 1.165) is 6.61 Å². The van der Waals surface area contributed by atoms with E-state index in [1.54, 1.807) is 0 Å². The van der Waals surface area contributed by atoms with Crippen molar-refractivity contribution in [1.82, 2.24) is 0 Å². The summed E-state index contributed by atoms with van der Waals surface area (Å²) in [6.45, 7) is 12.5. The number of rotatable bonds is 3. The number of hydrogen-bond acceptors (Lipinski definition) is 1. The first-order valence-electron chi connectivity index (χ1n) is 8.04. The molecule has 0 spiro atoms. The minimum Gasteiger partial charge on any atom is -1.00 e. The molecule has 0 aliphatic carbocycles. The summed E-state index contributed by atoms with van der Waals surface area (Å²) in [6, 6.07) is 21.5. The fourth-order valence-corrected chi connectivity index (χ4v) is 7.03. The smallest absolute Gasteiger partial charge is 1.00 e. The van der Waals surface area contributed by atoms with Crippen molar-refractivity contribution in [2.45, 2.75) is 31.2 Å². The van der Waals surface area contributed by atoms with Gasteiger partial charge in [0, 0.05) is 6.61 Å². The van der Waals surface area contributed by atoms with Gasteiger partial charge >= 0.3 is 27.7 Å². The SMILES string of the molecule is [Br-].[CH2][C@@H]1[C@H]([Si](C)(C)c2ccccc2)CO[C@@]1(C)c1ccccc1.[Hg+]. The van der Waals surface area contributed by atoms with Gasteiger partial charge in [-0.2, -0.15) is 0 Å². The van der Waals surface area contributed by atoms with Crippen LogP contribution in [0.1, 0.15) is 12.5 Å². The Balaban J connectivity index is 0.00000144. The van der Waals surface area contributed by atoms with Crippen molar-refractivity contribution in [2.75, 3.05) is 6.61 Å². The summed E-state index contributed by atoms with van der Waals surface area (Å²) in [5.74, 6) is 0.275. The molecular weight excluding hydrogens is 565 g/mol. The Morgan fingerprint density at radius 3 is 2.04 bits per heavy atom. The van der Waals surface area contributed by atoms with Crippen LogP contribution >= 0.6 is 0 Å². The van der Waals surface area contributed by atoms with Crippen molar-refractivity contribution < 1.29 is 49.4 Å². The van der Waals surface area contributed by atoms with Gasteiger partial charge in [-0.3, -0.25) is 0 Å². The molecule has 0 unspecified atom stereocenters. The molecule has 2 radical (unpaired) electrons. The minimum absolute atomic E-state index is 0. The Labute approximate surface area is 178 Å². The molecule has 0 amide bonds. The maximum atomic E-state index is 6.33. The van der Waals surface area contributed by atoms with Crippen LogP contribution in [0, 0.1) is 12.8 Å². The van der Waals surface area contributed by atoms with E-state index in [9.17, 15) is 0 Å². The monoisotopic (exact) mass is 590 g/mol. The molecule has 0 aromatic heterocycles. The second-order valence-corrected chi connectivity index (χ2v) is 11.8. The van der Waals surface area contributed by atoms with E-state index in [4.69, 9.17) is 4.74 Å². The van der Waals surface area contributed by atoms with Gasteiger partial charge < -0.3 is 21.7 Å². The van der Waals surface area contributed by atoms with Crippen LogP contribution in [0.25, 0.3) is 0 Å². The second-order valence-electron chi connectivity index (χ2n) is 7.08. The maximum Gasteiger partial charge on any atom is 1.00 e. The fraction of sp³-hybridized carbons (Fsp3) is 0.350. The number of ether oxygens (including phenoxy) is 1. The number of hydrogen-bond donors (Lipinski definition) is 0. The zero-order valence-electron chi connectivity index (χ0n) is 14.8.